The van der Waals surface area contributed by atoms with Crippen LogP contribution in [0.25, 0.3) is 0 Å². The molecule has 2 heterocycles. The van der Waals surface area contributed by atoms with E-state index in [0.29, 0.717) is 19.0 Å². The monoisotopic (exact) mass is 312 g/mol. The number of aromatic nitrogens is 4. The molecule has 1 aliphatic heterocycles. The lowest BCUT2D eigenvalue weighted by Crippen LogP contribution is -2.47. The molecule has 1 aromatic heterocycles. The maximum absolute atomic E-state index is 12.6. The molecule has 1 aliphatic rings. The molecule has 6 nitrogen and oxygen atoms in total. The zero-order chi connectivity index (χ0) is 15.7. The molecule has 0 atom stereocenters. The first-order valence-corrected chi connectivity index (χ1v) is 6.84. The first kappa shape index (κ1) is 14.6. The molecule has 0 aliphatic carbocycles. The van der Waals surface area contributed by atoms with E-state index >= 15 is 0 Å². The summed E-state index contributed by atoms with van der Waals surface area (Å²) in [7, 11) is 1.78. The largest absolute Gasteiger partial charge is 0.416 e. The molecule has 1 aromatic carbocycles. The van der Waals surface area contributed by atoms with Gasteiger partial charge in [-0.05, 0) is 34.7 Å². The van der Waals surface area contributed by atoms with E-state index in [1.807, 2.05) is 0 Å². The third kappa shape index (κ3) is 2.83. The molecule has 0 unspecified atom stereocenters. The van der Waals surface area contributed by atoms with Crippen molar-refractivity contribution in [1.29, 1.82) is 0 Å². The Kier molecular flexibility index (Phi) is 3.63. The van der Waals surface area contributed by atoms with Crippen LogP contribution in [0.1, 0.15) is 5.56 Å². The van der Waals surface area contributed by atoms with Gasteiger partial charge >= 0.3 is 6.18 Å². The molecule has 1 fully saturated rings. The second-order valence-electron chi connectivity index (χ2n) is 5.12. The molecule has 0 saturated carbocycles. The molecule has 0 radical (unpaired) electrons. The highest BCUT2D eigenvalue weighted by atomic mass is 19.4. The van der Waals surface area contributed by atoms with Crippen LogP contribution in [0.2, 0.25) is 0 Å². The predicted octanol–water partition coefficient (Wildman–Crippen LogP) is 1.56. The van der Waals surface area contributed by atoms with Crippen molar-refractivity contribution in [2.45, 2.75) is 6.18 Å². The molecule has 2 aromatic rings. The Morgan fingerprint density at radius 1 is 0.955 bits per heavy atom. The summed E-state index contributed by atoms with van der Waals surface area (Å²) in [5.41, 5.74) is 0.170. The van der Waals surface area contributed by atoms with Gasteiger partial charge in [0.1, 0.15) is 0 Å². The fraction of sp³-hybridized carbons (Fsp3) is 0.462. The van der Waals surface area contributed by atoms with Gasteiger partial charge in [0.05, 0.1) is 5.56 Å². The molecule has 0 amide bonds. The van der Waals surface area contributed by atoms with E-state index in [4.69, 9.17) is 0 Å². The van der Waals surface area contributed by atoms with Crippen LogP contribution >= 0.6 is 0 Å². The number of aryl methyl sites for hydroxylation is 1. The molecule has 0 spiro atoms. The van der Waals surface area contributed by atoms with Gasteiger partial charge in [0, 0.05) is 38.9 Å². The second-order valence-corrected chi connectivity index (χ2v) is 5.12. The minimum absolute atomic E-state index is 0.625. The van der Waals surface area contributed by atoms with Crippen LogP contribution in [0.15, 0.2) is 24.3 Å². The van der Waals surface area contributed by atoms with Gasteiger partial charge in [-0.1, -0.05) is 5.10 Å². The summed E-state index contributed by atoms with van der Waals surface area (Å²) in [6.07, 6.45) is -4.30. The van der Waals surface area contributed by atoms with Crippen LogP contribution in [0.4, 0.5) is 24.8 Å². The number of tetrazole rings is 1. The Hall–Kier alpha value is -2.32. The number of anilines is 2. The molecule has 118 valence electrons. The van der Waals surface area contributed by atoms with Crippen molar-refractivity contribution in [3.8, 4) is 0 Å². The van der Waals surface area contributed by atoms with E-state index < -0.39 is 11.7 Å². The van der Waals surface area contributed by atoms with Crippen LogP contribution in [0.3, 0.4) is 0 Å². The van der Waals surface area contributed by atoms with Gasteiger partial charge in [0.25, 0.3) is 0 Å². The summed E-state index contributed by atoms with van der Waals surface area (Å²) in [6, 6.07) is 5.27. The van der Waals surface area contributed by atoms with Crippen LogP contribution in [0, 0.1) is 0 Å². The highest BCUT2D eigenvalue weighted by molar-refractivity contribution is 5.49. The van der Waals surface area contributed by atoms with Crippen LogP contribution in [-0.2, 0) is 13.2 Å². The van der Waals surface area contributed by atoms with Crippen molar-refractivity contribution in [3.63, 3.8) is 0 Å². The Labute approximate surface area is 125 Å². The molecule has 3 rings (SSSR count). The molecular weight excluding hydrogens is 297 g/mol. The Balaban J connectivity index is 1.65. The van der Waals surface area contributed by atoms with E-state index in [0.717, 1.165) is 30.9 Å². The van der Waals surface area contributed by atoms with Crippen LogP contribution < -0.4 is 9.80 Å². The lowest BCUT2D eigenvalue weighted by atomic mass is 10.1. The quantitative estimate of drug-likeness (QED) is 0.842. The van der Waals surface area contributed by atoms with Gasteiger partial charge < -0.3 is 9.80 Å². The van der Waals surface area contributed by atoms with Gasteiger partial charge in [-0.15, -0.1) is 0 Å². The van der Waals surface area contributed by atoms with Gasteiger partial charge in [-0.2, -0.15) is 13.2 Å². The van der Waals surface area contributed by atoms with Crippen molar-refractivity contribution in [1.82, 2.24) is 20.2 Å². The van der Waals surface area contributed by atoms with Crippen LogP contribution in [0.5, 0.6) is 0 Å². The summed E-state index contributed by atoms with van der Waals surface area (Å²) in [5, 5.41) is 11.4. The van der Waals surface area contributed by atoms with Crippen molar-refractivity contribution in [3.05, 3.63) is 29.8 Å². The van der Waals surface area contributed by atoms with E-state index in [1.54, 1.807) is 11.7 Å². The van der Waals surface area contributed by atoms with E-state index in [1.165, 1.54) is 12.1 Å². The number of piperazine rings is 1. The van der Waals surface area contributed by atoms with E-state index in [2.05, 4.69) is 25.3 Å². The van der Waals surface area contributed by atoms with E-state index in [-0.39, 0.29) is 0 Å². The number of nitrogens with zero attached hydrogens (tertiary/aromatic N) is 6. The third-order valence-electron chi connectivity index (χ3n) is 3.72. The van der Waals surface area contributed by atoms with Gasteiger partial charge in [0.2, 0.25) is 5.95 Å². The predicted molar refractivity (Wildman–Crippen MR) is 74.7 cm³/mol. The number of hydrogen-bond donors (Lipinski definition) is 0. The van der Waals surface area contributed by atoms with Gasteiger partial charge in [-0.3, -0.25) is 0 Å². The Morgan fingerprint density at radius 2 is 1.55 bits per heavy atom. The normalized spacial score (nSPS) is 16.2. The highest BCUT2D eigenvalue weighted by Gasteiger charge is 2.30. The van der Waals surface area contributed by atoms with Crippen molar-refractivity contribution in [2.75, 3.05) is 36.0 Å². The first-order valence-electron chi connectivity index (χ1n) is 6.84. The SMILES string of the molecule is Cn1nnnc1N1CCN(c2ccc(C(F)(F)F)cc2)CC1. The van der Waals surface area contributed by atoms with Crippen molar-refractivity contribution < 1.29 is 13.2 Å². The van der Waals surface area contributed by atoms with E-state index in [9.17, 15) is 13.2 Å². The Morgan fingerprint density at radius 3 is 2.05 bits per heavy atom. The summed E-state index contributed by atoms with van der Waals surface area (Å²) in [6.45, 7) is 2.85. The van der Waals surface area contributed by atoms with Gasteiger partial charge in [-0.25, -0.2) is 4.68 Å². The zero-order valence-electron chi connectivity index (χ0n) is 12.0. The number of alkyl halides is 3. The summed E-state index contributed by atoms with van der Waals surface area (Å²) in [5.74, 6) is 0.701. The maximum Gasteiger partial charge on any atom is 0.416 e. The topological polar surface area (TPSA) is 50.1 Å². The smallest absolute Gasteiger partial charge is 0.368 e. The summed E-state index contributed by atoms with van der Waals surface area (Å²) >= 11 is 0. The number of benzene rings is 1. The molecule has 9 heteroatoms. The fourth-order valence-electron chi connectivity index (χ4n) is 2.52. The number of hydrogen-bond acceptors (Lipinski definition) is 5. The first-order chi connectivity index (χ1) is 10.4. The lowest BCUT2D eigenvalue weighted by molar-refractivity contribution is -0.137. The summed E-state index contributed by atoms with van der Waals surface area (Å²) < 4.78 is 39.3. The van der Waals surface area contributed by atoms with Gasteiger partial charge in [0.15, 0.2) is 0 Å². The third-order valence-corrected chi connectivity index (χ3v) is 3.72. The Bertz CT molecular complexity index is 628. The number of halogens is 3. The number of rotatable bonds is 2. The van der Waals surface area contributed by atoms with Crippen LogP contribution in [-0.4, -0.2) is 46.4 Å². The lowest BCUT2D eigenvalue weighted by Gasteiger charge is -2.36. The molecule has 0 N–H and O–H groups in total. The second kappa shape index (κ2) is 5.47. The average Bonchev–Trinajstić information content (AvgIpc) is 2.93. The maximum atomic E-state index is 12.6. The van der Waals surface area contributed by atoms with Crippen molar-refractivity contribution >= 4 is 11.6 Å². The molecule has 1 saturated heterocycles. The minimum atomic E-state index is -4.30. The average molecular weight is 312 g/mol. The standard InChI is InChI=1S/C13H15F3N6/c1-20-12(17-18-19-20)22-8-6-21(7-9-22)11-4-2-10(3-5-11)13(14,15)16/h2-5H,6-9H2,1H3. The molecule has 22 heavy (non-hydrogen) atoms. The summed E-state index contributed by atoms with van der Waals surface area (Å²) in [4.78, 5) is 4.11. The molecular formula is C13H15F3N6. The zero-order valence-corrected chi connectivity index (χ0v) is 12.0. The molecule has 0 bridgehead atoms. The highest BCUT2D eigenvalue weighted by Crippen LogP contribution is 2.30. The fourth-order valence-corrected chi connectivity index (χ4v) is 2.52. The minimum Gasteiger partial charge on any atom is -0.368 e. The van der Waals surface area contributed by atoms with Crippen molar-refractivity contribution in [2.24, 2.45) is 7.05 Å².